The van der Waals surface area contributed by atoms with E-state index in [1.165, 1.54) is 18.2 Å². The molecule has 3 aromatic carbocycles. The van der Waals surface area contributed by atoms with E-state index in [1.54, 1.807) is 13.0 Å². The van der Waals surface area contributed by atoms with Crippen molar-refractivity contribution in [2.75, 3.05) is 6.61 Å². The molecule has 3 rings (SSSR count). The summed E-state index contributed by atoms with van der Waals surface area (Å²) in [5, 5.41) is 17.2. The van der Waals surface area contributed by atoms with Crippen LogP contribution in [0.2, 0.25) is 0 Å². The number of hydrogen-bond acceptors (Lipinski definition) is 5. The van der Waals surface area contributed by atoms with Gasteiger partial charge in [-0.3, -0.25) is 14.9 Å². The van der Waals surface area contributed by atoms with Crippen LogP contribution in [-0.4, -0.2) is 23.1 Å². The van der Waals surface area contributed by atoms with E-state index in [9.17, 15) is 14.9 Å². The molecule has 0 heterocycles. The van der Waals surface area contributed by atoms with E-state index >= 15 is 0 Å². The summed E-state index contributed by atoms with van der Waals surface area (Å²) in [4.78, 5) is 22.3. The van der Waals surface area contributed by atoms with Gasteiger partial charge in [0.05, 0.1) is 10.6 Å². The lowest BCUT2D eigenvalue weighted by Crippen LogP contribution is -2.25. The summed E-state index contributed by atoms with van der Waals surface area (Å²) in [6.45, 7) is 1.41. The molecule has 1 N–H and O–H groups in total. The molecule has 0 aliphatic rings. The number of ether oxygens (including phenoxy) is 1. The zero-order valence-electron chi connectivity index (χ0n) is 14.6. The number of benzene rings is 3. The zero-order chi connectivity index (χ0) is 19.2. The number of nitrogens with one attached hydrogen (secondary N) is 1. The Balaban J connectivity index is 1.63. The summed E-state index contributed by atoms with van der Waals surface area (Å²) in [6.07, 6.45) is 0. The Bertz CT molecular complexity index is 1030. The second kappa shape index (κ2) is 8.09. The summed E-state index contributed by atoms with van der Waals surface area (Å²) >= 11 is 0. The first kappa shape index (κ1) is 18.1. The van der Waals surface area contributed by atoms with Gasteiger partial charge in [-0.25, -0.2) is 5.43 Å². The number of nitro groups is 1. The van der Waals surface area contributed by atoms with E-state index in [1.807, 2.05) is 42.5 Å². The van der Waals surface area contributed by atoms with Crippen molar-refractivity contribution in [2.45, 2.75) is 6.92 Å². The number of hydrogen-bond donors (Lipinski definition) is 1. The topological polar surface area (TPSA) is 93.8 Å². The van der Waals surface area contributed by atoms with Gasteiger partial charge in [-0.15, -0.1) is 0 Å². The van der Waals surface area contributed by atoms with Crippen LogP contribution in [0.5, 0.6) is 5.75 Å². The minimum Gasteiger partial charge on any atom is -0.477 e. The Morgan fingerprint density at radius 3 is 2.56 bits per heavy atom. The number of carbonyl (C=O) groups excluding carboxylic acids is 1. The van der Waals surface area contributed by atoms with Gasteiger partial charge in [-0.2, -0.15) is 5.10 Å². The lowest BCUT2D eigenvalue weighted by Gasteiger charge is -2.07. The summed E-state index contributed by atoms with van der Waals surface area (Å²) < 4.78 is 5.23. The third-order valence-corrected chi connectivity index (χ3v) is 3.94. The Kier molecular flexibility index (Phi) is 5.41. The van der Waals surface area contributed by atoms with Crippen LogP contribution in [0.3, 0.4) is 0 Å². The van der Waals surface area contributed by atoms with Gasteiger partial charge in [-0.05, 0) is 35.4 Å². The zero-order valence-corrected chi connectivity index (χ0v) is 14.6. The van der Waals surface area contributed by atoms with Crippen molar-refractivity contribution in [1.29, 1.82) is 0 Å². The van der Waals surface area contributed by atoms with Crippen LogP contribution >= 0.6 is 0 Å². The molecule has 0 spiro atoms. The summed E-state index contributed by atoms with van der Waals surface area (Å²) in [7, 11) is 0. The third kappa shape index (κ3) is 4.46. The lowest BCUT2D eigenvalue weighted by atomic mass is 10.0. The molecule has 0 radical (unpaired) electrons. The van der Waals surface area contributed by atoms with Crippen LogP contribution in [0.1, 0.15) is 12.5 Å². The predicted octanol–water partition coefficient (Wildman–Crippen LogP) is 3.67. The molecule has 0 saturated heterocycles. The maximum absolute atomic E-state index is 11.9. The van der Waals surface area contributed by atoms with Gasteiger partial charge in [-0.1, -0.05) is 48.5 Å². The molecule has 0 aromatic heterocycles. The number of nitrogens with zero attached hydrogens (tertiary/aromatic N) is 2. The van der Waals surface area contributed by atoms with E-state index in [0.29, 0.717) is 5.71 Å². The van der Waals surface area contributed by atoms with Crippen molar-refractivity contribution in [3.05, 3.63) is 82.4 Å². The predicted molar refractivity (Wildman–Crippen MR) is 103 cm³/mol. The summed E-state index contributed by atoms with van der Waals surface area (Å²) in [5.41, 5.74) is 3.73. The van der Waals surface area contributed by atoms with Gasteiger partial charge in [0.15, 0.2) is 12.4 Å². The SMILES string of the molecule is C/C(=N\NC(=O)COc1ccccc1[N+](=O)[O-])c1ccc2ccccc2c1. The fourth-order valence-electron chi connectivity index (χ4n) is 2.53. The average Bonchev–Trinajstić information content (AvgIpc) is 2.70. The van der Waals surface area contributed by atoms with E-state index in [0.717, 1.165) is 16.3 Å². The maximum Gasteiger partial charge on any atom is 0.310 e. The Hall–Kier alpha value is -3.74. The highest BCUT2D eigenvalue weighted by molar-refractivity contribution is 6.02. The molecule has 7 nitrogen and oxygen atoms in total. The largest absolute Gasteiger partial charge is 0.477 e. The minimum atomic E-state index is -0.560. The molecule has 0 unspecified atom stereocenters. The highest BCUT2D eigenvalue weighted by atomic mass is 16.6. The van der Waals surface area contributed by atoms with Crippen LogP contribution in [0.25, 0.3) is 10.8 Å². The second-order valence-electron chi connectivity index (χ2n) is 5.81. The molecule has 0 aliphatic carbocycles. The molecule has 3 aromatic rings. The van der Waals surface area contributed by atoms with Gasteiger partial charge in [0.2, 0.25) is 0 Å². The molecular weight excluding hydrogens is 346 g/mol. The van der Waals surface area contributed by atoms with Gasteiger partial charge in [0, 0.05) is 6.07 Å². The Labute approximate surface area is 155 Å². The van der Waals surface area contributed by atoms with Crippen LogP contribution < -0.4 is 10.2 Å². The maximum atomic E-state index is 11.9. The number of fused-ring (bicyclic) bond motifs is 1. The number of para-hydroxylation sites is 2. The van der Waals surface area contributed by atoms with Crippen molar-refractivity contribution in [1.82, 2.24) is 5.43 Å². The molecule has 1 amide bonds. The number of amides is 1. The van der Waals surface area contributed by atoms with Crippen molar-refractivity contribution in [3.8, 4) is 5.75 Å². The van der Waals surface area contributed by atoms with Gasteiger partial charge >= 0.3 is 5.69 Å². The quantitative estimate of drug-likeness (QED) is 0.411. The second-order valence-corrected chi connectivity index (χ2v) is 5.81. The fourth-order valence-corrected chi connectivity index (χ4v) is 2.53. The van der Waals surface area contributed by atoms with Gasteiger partial charge < -0.3 is 4.74 Å². The number of carbonyl (C=O) groups is 1. The van der Waals surface area contributed by atoms with Crippen molar-refractivity contribution < 1.29 is 14.5 Å². The Morgan fingerprint density at radius 2 is 1.78 bits per heavy atom. The normalized spacial score (nSPS) is 11.2. The summed E-state index contributed by atoms with van der Waals surface area (Å²) in [6, 6.07) is 19.7. The van der Waals surface area contributed by atoms with Crippen LogP contribution in [0, 0.1) is 10.1 Å². The molecule has 0 saturated carbocycles. The lowest BCUT2D eigenvalue weighted by molar-refractivity contribution is -0.385. The first-order chi connectivity index (χ1) is 13.0. The Morgan fingerprint density at radius 1 is 1.07 bits per heavy atom. The average molecular weight is 363 g/mol. The molecule has 0 aliphatic heterocycles. The summed E-state index contributed by atoms with van der Waals surface area (Å²) in [5.74, 6) is -0.471. The van der Waals surface area contributed by atoms with Crippen LogP contribution in [-0.2, 0) is 4.79 Å². The molecule has 0 bridgehead atoms. The molecule has 136 valence electrons. The van der Waals surface area contributed by atoms with Crippen molar-refractivity contribution in [2.24, 2.45) is 5.10 Å². The third-order valence-electron chi connectivity index (χ3n) is 3.94. The molecule has 0 fully saturated rings. The van der Waals surface area contributed by atoms with Crippen molar-refractivity contribution in [3.63, 3.8) is 0 Å². The van der Waals surface area contributed by atoms with Crippen LogP contribution in [0.15, 0.2) is 71.8 Å². The van der Waals surface area contributed by atoms with Crippen molar-refractivity contribution >= 4 is 28.1 Å². The fraction of sp³-hybridized carbons (Fsp3) is 0.100. The smallest absolute Gasteiger partial charge is 0.310 e. The highest BCUT2D eigenvalue weighted by Crippen LogP contribution is 2.25. The molecular formula is C20H17N3O4. The minimum absolute atomic E-state index is 0.0351. The van der Waals surface area contributed by atoms with E-state index < -0.39 is 10.8 Å². The molecule has 7 heteroatoms. The van der Waals surface area contributed by atoms with Gasteiger partial charge in [0.25, 0.3) is 5.91 Å². The van der Waals surface area contributed by atoms with E-state index in [4.69, 9.17) is 4.74 Å². The molecule has 27 heavy (non-hydrogen) atoms. The van der Waals surface area contributed by atoms with Crippen LogP contribution in [0.4, 0.5) is 5.69 Å². The highest BCUT2D eigenvalue weighted by Gasteiger charge is 2.14. The van der Waals surface area contributed by atoms with Gasteiger partial charge in [0.1, 0.15) is 0 Å². The molecule has 0 atom stereocenters. The number of hydrazone groups is 1. The first-order valence-electron chi connectivity index (χ1n) is 8.23. The van der Waals surface area contributed by atoms with E-state index in [-0.39, 0.29) is 18.0 Å². The number of rotatable bonds is 6. The number of nitro benzene ring substituents is 1. The monoisotopic (exact) mass is 363 g/mol. The van der Waals surface area contributed by atoms with E-state index in [2.05, 4.69) is 10.5 Å². The standard InChI is InChI=1S/C20H17N3O4/c1-14(16-11-10-15-6-2-3-7-17(15)12-16)21-22-20(24)13-27-19-9-5-4-8-18(19)23(25)26/h2-12H,13H2,1H3,(H,22,24)/b21-14+. The first-order valence-corrected chi connectivity index (χ1v) is 8.23.